The number of carbonyl (C=O) groups excluding carboxylic acids is 1. The van der Waals surface area contributed by atoms with Crippen molar-refractivity contribution in [2.45, 2.75) is 0 Å². The number of methoxy groups -OCH3 is 2. The van der Waals surface area contributed by atoms with Gasteiger partial charge in [-0.15, -0.1) is 0 Å². The molecule has 0 aliphatic carbocycles. The fourth-order valence-corrected chi connectivity index (χ4v) is 2.50. The molecule has 0 aliphatic rings. The monoisotopic (exact) mass is 367 g/mol. The number of benzene rings is 2. The number of aromatic nitrogens is 2. The molecular formula is C20H18FN3O3. The minimum Gasteiger partial charge on any atom is -0.497 e. The lowest BCUT2D eigenvalue weighted by atomic mass is 10.1. The molecule has 0 bridgehead atoms. The molecule has 27 heavy (non-hydrogen) atoms. The molecule has 0 radical (unpaired) electrons. The lowest BCUT2D eigenvalue weighted by molar-refractivity contribution is -0.111. The molecule has 0 saturated heterocycles. The number of anilines is 1. The van der Waals surface area contributed by atoms with E-state index in [2.05, 4.69) is 10.4 Å². The molecule has 0 unspecified atom stereocenters. The standard InChI is InChI=1S/C20H18FN3O3/c1-26-16-6-8-19(27-2)14(12-16)4-9-20(25)23-15-5-7-18(17(21)13-15)24-11-3-10-22-24/h3-13H,1-2H3,(H,23,25)/b9-4+. The average Bonchev–Trinajstić information content (AvgIpc) is 3.20. The van der Waals surface area contributed by atoms with Gasteiger partial charge in [0, 0.05) is 29.7 Å². The third-order valence-corrected chi connectivity index (χ3v) is 3.82. The molecule has 3 aromatic rings. The quantitative estimate of drug-likeness (QED) is 0.675. The molecule has 1 N–H and O–H groups in total. The first-order valence-electron chi connectivity index (χ1n) is 8.11. The molecule has 0 aliphatic heterocycles. The largest absolute Gasteiger partial charge is 0.497 e. The van der Waals surface area contributed by atoms with Crippen LogP contribution in [0.5, 0.6) is 11.5 Å². The summed E-state index contributed by atoms with van der Waals surface area (Å²) in [5.41, 5.74) is 1.33. The van der Waals surface area contributed by atoms with Crippen LogP contribution in [0.25, 0.3) is 11.8 Å². The van der Waals surface area contributed by atoms with E-state index in [0.717, 1.165) is 0 Å². The first-order chi connectivity index (χ1) is 13.1. The minimum atomic E-state index is -0.491. The number of halogens is 1. The first kappa shape index (κ1) is 18.2. The normalized spacial score (nSPS) is 10.8. The fourth-order valence-electron chi connectivity index (χ4n) is 2.50. The van der Waals surface area contributed by atoms with Crippen LogP contribution >= 0.6 is 0 Å². The van der Waals surface area contributed by atoms with Crippen LogP contribution in [-0.2, 0) is 4.79 Å². The summed E-state index contributed by atoms with van der Waals surface area (Å²) in [5, 5.41) is 6.61. The topological polar surface area (TPSA) is 65.4 Å². The van der Waals surface area contributed by atoms with E-state index >= 15 is 0 Å². The Bertz CT molecular complexity index is 969. The van der Waals surface area contributed by atoms with Crippen LogP contribution in [0.4, 0.5) is 10.1 Å². The van der Waals surface area contributed by atoms with Crippen molar-refractivity contribution in [3.8, 4) is 17.2 Å². The van der Waals surface area contributed by atoms with Gasteiger partial charge in [0.2, 0.25) is 5.91 Å². The molecule has 0 fully saturated rings. The number of nitrogens with one attached hydrogen (secondary N) is 1. The van der Waals surface area contributed by atoms with Crippen molar-refractivity contribution in [2.75, 3.05) is 19.5 Å². The zero-order valence-electron chi connectivity index (χ0n) is 14.8. The fraction of sp³-hybridized carbons (Fsp3) is 0.100. The Labute approximate surface area is 155 Å². The number of rotatable bonds is 6. The molecule has 0 spiro atoms. The highest BCUT2D eigenvalue weighted by Crippen LogP contribution is 2.25. The number of nitrogens with zero attached hydrogens (tertiary/aromatic N) is 2. The van der Waals surface area contributed by atoms with Crippen LogP contribution in [0.3, 0.4) is 0 Å². The van der Waals surface area contributed by atoms with Crippen molar-refractivity contribution in [2.24, 2.45) is 0 Å². The summed E-state index contributed by atoms with van der Waals surface area (Å²) in [7, 11) is 3.10. The molecule has 138 valence electrons. The first-order valence-corrected chi connectivity index (χ1v) is 8.11. The van der Waals surface area contributed by atoms with E-state index in [9.17, 15) is 9.18 Å². The van der Waals surface area contributed by atoms with Crippen LogP contribution in [0, 0.1) is 5.82 Å². The van der Waals surface area contributed by atoms with Crippen LogP contribution < -0.4 is 14.8 Å². The molecule has 0 atom stereocenters. The highest BCUT2D eigenvalue weighted by Gasteiger charge is 2.08. The molecule has 1 amide bonds. The Morgan fingerprint density at radius 2 is 2.04 bits per heavy atom. The van der Waals surface area contributed by atoms with Crippen molar-refractivity contribution in [1.82, 2.24) is 9.78 Å². The van der Waals surface area contributed by atoms with Crippen molar-refractivity contribution in [1.29, 1.82) is 0 Å². The Hall–Kier alpha value is -3.61. The lowest BCUT2D eigenvalue weighted by Gasteiger charge is -2.08. The van der Waals surface area contributed by atoms with Gasteiger partial charge in [-0.1, -0.05) is 0 Å². The lowest BCUT2D eigenvalue weighted by Crippen LogP contribution is -2.08. The van der Waals surface area contributed by atoms with Gasteiger partial charge in [0.05, 0.1) is 14.2 Å². The van der Waals surface area contributed by atoms with E-state index in [1.54, 1.807) is 69.1 Å². The van der Waals surface area contributed by atoms with Crippen LogP contribution in [0.1, 0.15) is 5.56 Å². The number of carbonyl (C=O) groups is 1. The van der Waals surface area contributed by atoms with Gasteiger partial charge in [-0.3, -0.25) is 4.79 Å². The van der Waals surface area contributed by atoms with Crippen LogP contribution in [-0.4, -0.2) is 29.9 Å². The molecule has 6 nitrogen and oxygen atoms in total. The van der Waals surface area contributed by atoms with Gasteiger partial charge in [0.1, 0.15) is 17.2 Å². The Balaban J connectivity index is 1.73. The van der Waals surface area contributed by atoms with Gasteiger partial charge < -0.3 is 14.8 Å². The summed E-state index contributed by atoms with van der Waals surface area (Å²) >= 11 is 0. The van der Waals surface area contributed by atoms with Crippen molar-refractivity contribution >= 4 is 17.7 Å². The molecule has 0 saturated carbocycles. The predicted molar refractivity (Wildman–Crippen MR) is 101 cm³/mol. The number of hydrogen-bond acceptors (Lipinski definition) is 4. The minimum absolute atomic E-state index is 0.301. The average molecular weight is 367 g/mol. The van der Waals surface area contributed by atoms with E-state index in [4.69, 9.17) is 9.47 Å². The van der Waals surface area contributed by atoms with Gasteiger partial charge in [-0.05, 0) is 48.5 Å². The summed E-state index contributed by atoms with van der Waals surface area (Å²) < 4.78 is 26.1. The highest BCUT2D eigenvalue weighted by molar-refractivity contribution is 6.02. The second-order valence-corrected chi connectivity index (χ2v) is 5.55. The number of amides is 1. The van der Waals surface area contributed by atoms with Gasteiger partial charge in [0.15, 0.2) is 5.82 Å². The van der Waals surface area contributed by atoms with Gasteiger partial charge >= 0.3 is 0 Å². The Kier molecular flexibility index (Phi) is 5.51. The maximum absolute atomic E-state index is 14.2. The third-order valence-electron chi connectivity index (χ3n) is 3.82. The summed E-state index contributed by atoms with van der Waals surface area (Å²) in [6.07, 6.45) is 6.15. The number of hydrogen-bond donors (Lipinski definition) is 1. The van der Waals surface area contributed by atoms with E-state index in [-0.39, 0.29) is 0 Å². The van der Waals surface area contributed by atoms with Gasteiger partial charge in [-0.2, -0.15) is 5.10 Å². The van der Waals surface area contributed by atoms with Crippen LogP contribution in [0.15, 0.2) is 60.9 Å². The van der Waals surface area contributed by atoms with Crippen molar-refractivity contribution in [3.63, 3.8) is 0 Å². The Morgan fingerprint density at radius 3 is 2.70 bits per heavy atom. The third kappa shape index (κ3) is 4.33. The van der Waals surface area contributed by atoms with E-state index in [1.165, 1.54) is 16.8 Å². The van der Waals surface area contributed by atoms with E-state index in [1.807, 2.05) is 0 Å². The molecule has 3 rings (SSSR count). The maximum atomic E-state index is 14.2. The zero-order valence-corrected chi connectivity index (χ0v) is 14.8. The second kappa shape index (κ2) is 8.18. The van der Waals surface area contributed by atoms with Crippen molar-refractivity contribution < 1.29 is 18.7 Å². The van der Waals surface area contributed by atoms with Crippen LogP contribution in [0.2, 0.25) is 0 Å². The molecule has 2 aromatic carbocycles. The summed E-state index contributed by atoms with van der Waals surface area (Å²) in [6, 6.07) is 11.4. The molecule has 1 heterocycles. The van der Waals surface area contributed by atoms with Gasteiger partial charge in [0.25, 0.3) is 0 Å². The molecular weight excluding hydrogens is 349 g/mol. The summed E-state index contributed by atoms with van der Waals surface area (Å²) in [4.78, 5) is 12.2. The maximum Gasteiger partial charge on any atom is 0.248 e. The zero-order chi connectivity index (χ0) is 19.2. The van der Waals surface area contributed by atoms with E-state index in [0.29, 0.717) is 28.4 Å². The predicted octanol–water partition coefficient (Wildman–Crippen LogP) is 3.68. The van der Waals surface area contributed by atoms with E-state index < -0.39 is 11.7 Å². The molecule has 1 aromatic heterocycles. The Morgan fingerprint density at radius 1 is 1.19 bits per heavy atom. The highest BCUT2D eigenvalue weighted by atomic mass is 19.1. The smallest absolute Gasteiger partial charge is 0.248 e. The summed E-state index contributed by atoms with van der Waals surface area (Å²) in [6.45, 7) is 0. The SMILES string of the molecule is COc1ccc(OC)c(/C=C/C(=O)Nc2ccc(-n3cccn3)c(F)c2)c1. The summed E-state index contributed by atoms with van der Waals surface area (Å²) in [5.74, 6) is 0.364. The number of ether oxygens (including phenoxy) is 2. The van der Waals surface area contributed by atoms with Crippen molar-refractivity contribution in [3.05, 3.63) is 72.3 Å². The van der Waals surface area contributed by atoms with Gasteiger partial charge in [-0.25, -0.2) is 9.07 Å². The molecule has 7 heteroatoms. The second-order valence-electron chi connectivity index (χ2n) is 5.55.